The number of hydrogen-bond acceptors (Lipinski definition) is 3. The van der Waals surface area contributed by atoms with Crippen molar-refractivity contribution in [2.75, 3.05) is 24.7 Å². The summed E-state index contributed by atoms with van der Waals surface area (Å²) in [6.45, 7) is 0.717. The molecule has 5 heteroatoms. The van der Waals surface area contributed by atoms with Crippen LogP contribution in [0.3, 0.4) is 0 Å². The van der Waals surface area contributed by atoms with Crippen molar-refractivity contribution in [3.05, 3.63) is 58.1 Å². The second-order valence-corrected chi connectivity index (χ2v) is 5.75. The van der Waals surface area contributed by atoms with E-state index in [1.54, 1.807) is 19.2 Å². The summed E-state index contributed by atoms with van der Waals surface area (Å²) in [6, 6.07) is 13.4. The highest BCUT2D eigenvalue weighted by molar-refractivity contribution is 9.10. The standard InChI is InChI=1S/C16H18BrN3O/c1-19-16(21)12-5-8-14(18)15(9-12)20(2)10-11-3-6-13(17)7-4-11/h3-9H,10,18H2,1-2H3,(H,19,21). The minimum absolute atomic E-state index is 0.117. The molecule has 0 heterocycles. The van der Waals surface area contributed by atoms with Crippen molar-refractivity contribution >= 4 is 33.2 Å². The van der Waals surface area contributed by atoms with Gasteiger partial charge in [0.2, 0.25) is 0 Å². The molecule has 0 saturated heterocycles. The average molecular weight is 348 g/mol. The predicted octanol–water partition coefficient (Wildman–Crippen LogP) is 3.03. The largest absolute Gasteiger partial charge is 0.397 e. The van der Waals surface area contributed by atoms with E-state index >= 15 is 0 Å². The fourth-order valence-electron chi connectivity index (χ4n) is 2.11. The summed E-state index contributed by atoms with van der Waals surface area (Å²) in [5.41, 5.74) is 9.30. The SMILES string of the molecule is CNC(=O)c1ccc(N)c(N(C)Cc2ccc(Br)cc2)c1. The van der Waals surface area contributed by atoms with Crippen molar-refractivity contribution in [1.29, 1.82) is 0 Å². The summed E-state index contributed by atoms with van der Waals surface area (Å²) < 4.78 is 1.05. The molecule has 2 aromatic rings. The summed E-state index contributed by atoms with van der Waals surface area (Å²) in [4.78, 5) is 13.8. The number of nitrogen functional groups attached to an aromatic ring is 1. The van der Waals surface area contributed by atoms with Crippen LogP contribution >= 0.6 is 15.9 Å². The van der Waals surface area contributed by atoms with Gasteiger partial charge in [-0.2, -0.15) is 0 Å². The minimum atomic E-state index is -0.117. The van der Waals surface area contributed by atoms with Crippen LogP contribution in [-0.4, -0.2) is 20.0 Å². The van der Waals surface area contributed by atoms with Gasteiger partial charge in [-0.05, 0) is 35.9 Å². The summed E-state index contributed by atoms with van der Waals surface area (Å²) in [5.74, 6) is -0.117. The topological polar surface area (TPSA) is 58.4 Å². The van der Waals surface area contributed by atoms with Gasteiger partial charge in [0.1, 0.15) is 0 Å². The van der Waals surface area contributed by atoms with Gasteiger partial charge in [0.05, 0.1) is 11.4 Å². The first kappa shape index (κ1) is 15.4. The van der Waals surface area contributed by atoms with E-state index in [4.69, 9.17) is 5.73 Å². The van der Waals surface area contributed by atoms with Gasteiger partial charge in [-0.25, -0.2) is 0 Å². The molecular formula is C16H18BrN3O. The molecule has 0 radical (unpaired) electrons. The number of halogens is 1. The molecule has 3 N–H and O–H groups in total. The molecule has 4 nitrogen and oxygen atoms in total. The number of carbonyl (C=O) groups is 1. The third-order valence-electron chi connectivity index (χ3n) is 3.26. The maximum Gasteiger partial charge on any atom is 0.251 e. The number of rotatable bonds is 4. The van der Waals surface area contributed by atoms with Crippen molar-refractivity contribution in [2.24, 2.45) is 0 Å². The van der Waals surface area contributed by atoms with Gasteiger partial charge in [-0.1, -0.05) is 28.1 Å². The minimum Gasteiger partial charge on any atom is -0.397 e. The molecule has 0 atom stereocenters. The van der Waals surface area contributed by atoms with Gasteiger partial charge in [-0.15, -0.1) is 0 Å². The number of benzene rings is 2. The van der Waals surface area contributed by atoms with Crippen LogP contribution in [0.4, 0.5) is 11.4 Å². The lowest BCUT2D eigenvalue weighted by molar-refractivity contribution is 0.0963. The zero-order valence-electron chi connectivity index (χ0n) is 12.1. The Kier molecular flexibility index (Phi) is 4.85. The molecule has 2 aromatic carbocycles. The molecule has 110 valence electrons. The van der Waals surface area contributed by atoms with Crippen molar-refractivity contribution in [3.8, 4) is 0 Å². The van der Waals surface area contributed by atoms with Crippen LogP contribution in [0.1, 0.15) is 15.9 Å². The summed E-state index contributed by atoms with van der Waals surface area (Å²) in [6.07, 6.45) is 0. The Hall–Kier alpha value is -2.01. The molecule has 0 aliphatic heterocycles. The van der Waals surface area contributed by atoms with Crippen LogP contribution in [0.25, 0.3) is 0 Å². The van der Waals surface area contributed by atoms with E-state index in [-0.39, 0.29) is 5.91 Å². The number of hydrogen-bond donors (Lipinski definition) is 2. The van der Waals surface area contributed by atoms with Crippen molar-refractivity contribution in [3.63, 3.8) is 0 Å². The van der Waals surface area contributed by atoms with Gasteiger partial charge in [-0.3, -0.25) is 4.79 Å². The van der Waals surface area contributed by atoms with Crippen LogP contribution in [0.2, 0.25) is 0 Å². The molecule has 0 bridgehead atoms. The molecular weight excluding hydrogens is 330 g/mol. The van der Waals surface area contributed by atoms with Crippen LogP contribution in [0, 0.1) is 0 Å². The van der Waals surface area contributed by atoms with Gasteiger partial charge < -0.3 is 16.0 Å². The average Bonchev–Trinajstić information content (AvgIpc) is 2.49. The fraction of sp³-hybridized carbons (Fsp3) is 0.188. The molecule has 0 aliphatic carbocycles. The maximum absolute atomic E-state index is 11.7. The number of anilines is 2. The van der Waals surface area contributed by atoms with E-state index in [9.17, 15) is 4.79 Å². The van der Waals surface area contributed by atoms with Crippen LogP contribution in [0.5, 0.6) is 0 Å². The second kappa shape index (κ2) is 6.63. The highest BCUT2D eigenvalue weighted by atomic mass is 79.9. The lowest BCUT2D eigenvalue weighted by Gasteiger charge is -2.22. The number of carbonyl (C=O) groups excluding carboxylic acids is 1. The van der Waals surface area contributed by atoms with E-state index < -0.39 is 0 Å². The highest BCUT2D eigenvalue weighted by Crippen LogP contribution is 2.25. The van der Waals surface area contributed by atoms with E-state index in [1.807, 2.05) is 30.1 Å². The van der Waals surface area contributed by atoms with E-state index in [0.717, 1.165) is 10.2 Å². The molecule has 0 aliphatic rings. The number of nitrogens with one attached hydrogen (secondary N) is 1. The Morgan fingerprint density at radius 1 is 1.24 bits per heavy atom. The van der Waals surface area contributed by atoms with Gasteiger partial charge in [0.15, 0.2) is 0 Å². The lowest BCUT2D eigenvalue weighted by atomic mass is 10.1. The first-order valence-electron chi connectivity index (χ1n) is 6.58. The monoisotopic (exact) mass is 347 g/mol. The van der Waals surface area contributed by atoms with E-state index in [2.05, 4.69) is 33.4 Å². The Morgan fingerprint density at radius 3 is 2.52 bits per heavy atom. The molecule has 0 fully saturated rings. The second-order valence-electron chi connectivity index (χ2n) is 4.84. The Balaban J connectivity index is 2.23. The highest BCUT2D eigenvalue weighted by Gasteiger charge is 2.10. The smallest absolute Gasteiger partial charge is 0.251 e. The summed E-state index contributed by atoms with van der Waals surface area (Å²) >= 11 is 3.42. The number of nitrogens with zero attached hydrogens (tertiary/aromatic N) is 1. The van der Waals surface area contributed by atoms with E-state index in [0.29, 0.717) is 17.8 Å². The first-order chi connectivity index (χ1) is 10.0. The molecule has 0 saturated carbocycles. The Morgan fingerprint density at radius 2 is 1.90 bits per heavy atom. The summed E-state index contributed by atoms with van der Waals surface area (Å²) in [5, 5.41) is 2.62. The molecule has 2 rings (SSSR count). The first-order valence-corrected chi connectivity index (χ1v) is 7.37. The fourth-order valence-corrected chi connectivity index (χ4v) is 2.37. The zero-order valence-corrected chi connectivity index (χ0v) is 13.6. The Labute approximate surface area is 133 Å². The van der Waals surface area contributed by atoms with Crippen LogP contribution < -0.4 is 16.0 Å². The van der Waals surface area contributed by atoms with Crippen molar-refractivity contribution < 1.29 is 4.79 Å². The number of amides is 1. The molecule has 21 heavy (non-hydrogen) atoms. The van der Waals surface area contributed by atoms with Crippen molar-refractivity contribution in [2.45, 2.75) is 6.54 Å². The van der Waals surface area contributed by atoms with Gasteiger partial charge in [0, 0.05) is 30.7 Å². The zero-order chi connectivity index (χ0) is 15.4. The van der Waals surface area contributed by atoms with Crippen molar-refractivity contribution in [1.82, 2.24) is 5.32 Å². The lowest BCUT2D eigenvalue weighted by Crippen LogP contribution is -2.21. The molecule has 0 unspecified atom stereocenters. The van der Waals surface area contributed by atoms with Crippen LogP contribution in [-0.2, 0) is 6.54 Å². The van der Waals surface area contributed by atoms with Gasteiger partial charge >= 0.3 is 0 Å². The number of nitrogens with two attached hydrogens (primary N) is 1. The molecule has 0 spiro atoms. The third-order valence-corrected chi connectivity index (χ3v) is 3.79. The maximum atomic E-state index is 11.7. The molecule has 0 aromatic heterocycles. The van der Waals surface area contributed by atoms with E-state index in [1.165, 1.54) is 5.56 Å². The third kappa shape index (κ3) is 3.76. The summed E-state index contributed by atoms with van der Waals surface area (Å²) in [7, 11) is 3.57. The Bertz CT molecular complexity index is 640. The quantitative estimate of drug-likeness (QED) is 0.835. The normalized spacial score (nSPS) is 10.2. The van der Waals surface area contributed by atoms with Gasteiger partial charge in [0.25, 0.3) is 5.91 Å². The van der Waals surface area contributed by atoms with Crippen LogP contribution in [0.15, 0.2) is 46.9 Å². The predicted molar refractivity (Wildman–Crippen MR) is 90.5 cm³/mol. The molecule has 1 amide bonds.